The normalized spacial score (nSPS) is 57.7. The van der Waals surface area contributed by atoms with Crippen LogP contribution in [0.5, 0.6) is 0 Å². The van der Waals surface area contributed by atoms with E-state index < -0.39 is 69.4 Å². The van der Waals surface area contributed by atoms with Crippen LogP contribution in [-0.2, 0) is 14.2 Å². The van der Waals surface area contributed by atoms with Crippen molar-refractivity contribution >= 4 is 0 Å². The predicted octanol–water partition coefficient (Wildman–Crippen LogP) is -1.25. The molecular formula is C23H46O11. The lowest BCUT2D eigenvalue weighted by Gasteiger charge is -2.67. The topological polar surface area (TPSA) is 201 Å². The largest absolute Gasteiger partial charge is 0.412 e. The fourth-order valence-corrected chi connectivity index (χ4v) is 5.20. The summed E-state index contributed by atoms with van der Waals surface area (Å²) < 4.78 is 18.1. The van der Waals surface area contributed by atoms with Gasteiger partial charge in [0.1, 0.15) is 44.8 Å². The van der Waals surface area contributed by atoms with E-state index in [1.165, 1.54) is 62.3 Å². The molecule has 0 radical (unpaired) electrons. The van der Waals surface area contributed by atoms with E-state index in [0.717, 1.165) is 0 Å². The van der Waals surface area contributed by atoms with Gasteiger partial charge in [0, 0.05) is 0 Å². The van der Waals surface area contributed by atoms with Crippen molar-refractivity contribution in [2.24, 2.45) is 0 Å². The van der Waals surface area contributed by atoms with E-state index in [9.17, 15) is 35.7 Å². The third-order valence-corrected chi connectivity index (χ3v) is 9.73. The molecule has 2 aliphatic rings. The summed E-state index contributed by atoms with van der Waals surface area (Å²) in [7, 11) is 0. The van der Waals surface area contributed by atoms with Crippen LogP contribution in [0, 0.1) is 0 Å². The van der Waals surface area contributed by atoms with Crippen LogP contribution in [-0.4, -0.2) is 111 Å². The van der Waals surface area contributed by atoms with Gasteiger partial charge >= 0.3 is 0 Å². The van der Waals surface area contributed by atoms with E-state index in [1.807, 2.05) is 0 Å². The van der Waals surface area contributed by atoms with E-state index >= 15 is 0 Å². The predicted molar refractivity (Wildman–Crippen MR) is 122 cm³/mol. The molecular weight excluding hydrogens is 452 g/mol. The SMILES string of the molecule is CC1(C)OC(C)(CO[C@@]2(C)OC(C)(CO)[C@](C)(O)[C@](C)(O)C2(C)O)[C@@](C)(O)[C@@](C)(O)C1(C)O.O. The fourth-order valence-electron chi connectivity index (χ4n) is 5.20. The first-order valence-corrected chi connectivity index (χ1v) is 11.2. The quantitative estimate of drug-likeness (QED) is 0.245. The third-order valence-electron chi connectivity index (χ3n) is 9.73. The molecule has 2 heterocycles. The van der Waals surface area contributed by atoms with Crippen LogP contribution in [0.3, 0.4) is 0 Å². The van der Waals surface area contributed by atoms with Crippen LogP contribution >= 0.6 is 0 Å². The Morgan fingerprint density at radius 3 is 1.32 bits per heavy atom. The van der Waals surface area contributed by atoms with E-state index in [0.29, 0.717) is 0 Å². The van der Waals surface area contributed by atoms with Gasteiger partial charge in [-0.15, -0.1) is 0 Å². The highest BCUT2D eigenvalue weighted by Crippen LogP contribution is 2.56. The molecule has 9 N–H and O–H groups in total. The van der Waals surface area contributed by atoms with Crippen LogP contribution in [0.25, 0.3) is 0 Å². The number of hydrogen-bond acceptors (Lipinski definition) is 10. The second kappa shape index (κ2) is 7.78. The minimum atomic E-state index is -2.23. The standard InChI is InChI=1S/C23H44O10.H2O/c1-14(2)17(5,25)20(8,28)19(7,27)16(4,32-14)13-31-23(11)22(10,30)21(9,29)18(6,26)15(3,12-24)33-23;/h24-30H,12-13H2,1-11H3;1H2/t15?,16?,17?,18-,19+,20-,21-,22?,23-;/m0./s1. The Morgan fingerprint density at radius 1 is 0.529 bits per heavy atom. The van der Waals surface area contributed by atoms with Gasteiger partial charge in [0.25, 0.3) is 0 Å². The van der Waals surface area contributed by atoms with E-state index in [1.54, 1.807) is 13.8 Å². The Morgan fingerprint density at radius 2 is 0.912 bits per heavy atom. The van der Waals surface area contributed by atoms with Gasteiger partial charge in [-0.25, -0.2) is 0 Å². The van der Waals surface area contributed by atoms with Crippen molar-refractivity contribution in [3.05, 3.63) is 0 Å². The number of ether oxygens (including phenoxy) is 3. The average Bonchev–Trinajstić information content (AvgIpc) is 2.63. The molecule has 0 aliphatic carbocycles. The second-order valence-electron chi connectivity index (χ2n) is 12.0. The first-order chi connectivity index (χ1) is 14.2. The average molecular weight is 499 g/mol. The lowest BCUT2D eigenvalue weighted by atomic mass is 9.58. The smallest absolute Gasteiger partial charge is 0.198 e. The summed E-state index contributed by atoms with van der Waals surface area (Å²) in [5.74, 6) is -2.02. The van der Waals surface area contributed by atoms with Gasteiger partial charge in [0.05, 0.1) is 18.8 Å². The summed E-state index contributed by atoms with van der Waals surface area (Å²) in [6.45, 7) is 13.8. The monoisotopic (exact) mass is 498 g/mol. The highest BCUT2D eigenvalue weighted by atomic mass is 16.7. The first kappa shape index (κ1) is 31.6. The van der Waals surface area contributed by atoms with E-state index in [2.05, 4.69) is 0 Å². The Labute approximate surface area is 201 Å². The lowest BCUT2D eigenvalue weighted by Crippen LogP contribution is -2.86. The molecule has 204 valence electrons. The zero-order chi connectivity index (χ0) is 26.5. The Hall–Kier alpha value is -0.440. The zero-order valence-electron chi connectivity index (χ0n) is 22.3. The Balaban J connectivity index is 0.00000578. The van der Waals surface area contributed by atoms with Crippen molar-refractivity contribution in [3.63, 3.8) is 0 Å². The second-order valence-corrected chi connectivity index (χ2v) is 12.0. The molecule has 0 aromatic rings. The van der Waals surface area contributed by atoms with Crippen LogP contribution in [0.4, 0.5) is 0 Å². The molecule has 0 aromatic heterocycles. The van der Waals surface area contributed by atoms with Gasteiger partial charge in [-0.05, 0) is 76.2 Å². The highest BCUT2D eigenvalue weighted by molar-refractivity contribution is 5.24. The molecule has 2 aliphatic heterocycles. The molecule has 34 heavy (non-hydrogen) atoms. The molecule has 11 nitrogen and oxygen atoms in total. The minimum Gasteiger partial charge on any atom is -0.412 e. The third kappa shape index (κ3) is 3.37. The Kier molecular flexibility index (Phi) is 7.23. The van der Waals surface area contributed by atoms with E-state index in [4.69, 9.17) is 14.2 Å². The molecule has 0 saturated carbocycles. The van der Waals surface area contributed by atoms with Crippen molar-refractivity contribution in [1.82, 2.24) is 0 Å². The molecule has 2 rings (SSSR count). The van der Waals surface area contributed by atoms with Crippen LogP contribution in [0.2, 0.25) is 0 Å². The maximum absolute atomic E-state index is 11.4. The van der Waals surface area contributed by atoms with Crippen LogP contribution < -0.4 is 0 Å². The number of hydrogen-bond donors (Lipinski definition) is 7. The maximum Gasteiger partial charge on any atom is 0.198 e. The molecule has 2 saturated heterocycles. The van der Waals surface area contributed by atoms with Crippen molar-refractivity contribution in [2.75, 3.05) is 13.2 Å². The van der Waals surface area contributed by atoms with Gasteiger partial charge in [0.2, 0.25) is 0 Å². The van der Waals surface area contributed by atoms with Crippen LogP contribution in [0.15, 0.2) is 0 Å². The van der Waals surface area contributed by atoms with E-state index in [-0.39, 0.29) is 5.48 Å². The molecule has 11 heteroatoms. The lowest BCUT2D eigenvalue weighted by molar-refractivity contribution is -0.469. The van der Waals surface area contributed by atoms with Gasteiger partial charge in [-0.3, -0.25) is 0 Å². The number of rotatable bonds is 4. The van der Waals surface area contributed by atoms with Gasteiger partial charge in [-0.2, -0.15) is 0 Å². The highest BCUT2D eigenvalue weighted by Gasteiger charge is 2.76. The van der Waals surface area contributed by atoms with Gasteiger partial charge in [0.15, 0.2) is 5.79 Å². The summed E-state index contributed by atoms with van der Waals surface area (Å²) in [5.41, 5.74) is -17.3. The maximum atomic E-state index is 11.4. The molecule has 2 fully saturated rings. The first-order valence-electron chi connectivity index (χ1n) is 11.2. The Bertz CT molecular complexity index is 786. The summed E-state index contributed by atoms with van der Waals surface area (Å²) in [6.07, 6.45) is 0. The zero-order valence-corrected chi connectivity index (χ0v) is 22.3. The molecule has 0 aromatic carbocycles. The van der Waals surface area contributed by atoms with Crippen molar-refractivity contribution in [1.29, 1.82) is 0 Å². The summed E-state index contributed by atoms with van der Waals surface area (Å²) in [6, 6.07) is 0. The summed E-state index contributed by atoms with van der Waals surface area (Å²) in [4.78, 5) is 0. The van der Waals surface area contributed by atoms with Gasteiger partial charge < -0.3 is 55.4 Å². The van der Waals surface area contributed by atoms with Crippen LogP contribution in [0.1, 0.15) is 76.2 Å². The molecule has 0 bridgehead atoms. The van der Waals surface area contributed by atoms with Crippen molar-refractivity contribution in [2.45, 2.75) is 132 Å². The number of aliphatic hydroxyl groups excluding tert-OH is 1. The molecule has 9 atom stereocenters. The summed E-state index contributed by atoms with van der Waals surface area (Å²) >= 11 is 0. The molecule has 0 amide bonds. The molecule has 4 unspecified atom stereocenters. The summed E-state index contributed by atoms with van der Waals surface area (Å²) in [5, 5.41) is 77.4. The van der Waals surface area contributed by atoms with Crippen molar-refractivity contribution < 1.29 is 55.4 Å². The van der Waals surface area contributed by atoms with Crippen molar-refractivity contribution in [3.8, 4) is 0 Å². The molecule has 0 spiro atoms. The van der Waals surface area contributed by atoms with Gasteiger partial charge in [-0.1, -0.05) is 0 Å². The minimum absolute atomic E-state index is 0. The number of aliphatic hydroxyl groups is 7. The fraction of sp³-hybridized carbons (Fsp3) is 1.00.